The summed E-state index contributed by atoms with van der Waals surface area (Å²) < 4.78 is 52.9. The monoisotopic (exact) mass is 689 g/mol. The molecule has 48 heavy (non-hydrogen) atoms. The molecule has 3 amide bonds. The molecule has 6 rings (SSSR count). The number of alkyl halides is 3. The number of ether oxygens (including phenoxy) is 1. The molecule has 0 saturated carbocycles. The minimum Gasteiger partial charge on any atom is -0.444 e. The standard InChI is InChI=1S/C32H35ClF3N7O5/c1-17-12-19(32(34,35)36)14-23(37-17)43-25(44)13-18-15-41(27-20(33)8-6-9-21(27)40(5)29(45)26(18)43)16-24-38-39-28(47-24)22-10-7-11-42(22)30(46)48-31(2,3)4/h6,8-9,12,14,18,22,26H,7,10-11,13,15-16H2,1-5H3/t18-,22-,26+/m1/s1. The number of amides is 3. The fraction of sp³-hybridized carbons (Fsp3) is 0.500. The first-order chi connectivity index (χ1) is 22.5. The third kappa shape index (κ3) is 6.39. The van der Waals surface area contributed by atoms with Crippen molar-refractivity contribution in [2.45, 2.75) is 77.4 Å². The zero-order valence-electron chi connectivity index (χ0n) is 27.0. The summed E-state index contributed by atoms with van der Waals surface area (Å²) in [6, 6.07) is 5.11. The zero-order valence-corrected chi connectivity index (χ0v) is 27.8. The first-order valence-electron chi connectivity index (χ1n) is 15.5. The second-order valence-corrected chi connectivity index (χ2v) is 13.7. The topological polar surface area (TPSA) is 125 Å². The molecule has 2 aromatic heterocycles. The Morgan fingerprint density at radius 3 is 2.60 bits per heavy atom. The fourth-order valence-electron chi connectivity index (χ4n) is 6.60. The number of aromatic nitrogens is 3. The number of benzene rings is 1. The number of rotatable bonds is 4. The summed E-state index contributed by atoms with van der Waals surface area (Å²) in [5.74, 6) is -1.47. The molecule has 2 fully saturated rings. The lowest BCUT2D eigenvalue weighted by molar-refractivity contribution is -0.137. The van der Waals surface area contributed by atoms with Crippen LogP contribution in [-0.2, 0) is 27.0 Å². The number of fused-ring (bicyclic) bond motifs is 2. The van der Waals surface area contributed by atoms with Crippen LogP contribution in [0, 0.1) is 12.8 Å². The van der Waals surface area contributed by atoms with Crippen molar-refractivity contribution >= 4 is 46.7 Å². The maximum Gasteiger partial charge on any atom is 0.416 e. The smallest absolute Gasteiger partial charge is 0.416 e. The first kappa shape index (κ1) is 33.5. The third-order valence-electron chi connectivity index (χ3n) is 8.60. The number of likely N-dealkylation sites (N-methyl/N-ethyl adjacent to an activating group) is 1. The van der Waals surface area contributed by atoms with Crippen molar-refractivity contribution in [2.24, 2.45) is 5.92 Å². The molecule has 1 aromatic carbocycles. The van der Waals surface area contributed by atoms with Crippen LogP contribution in [0.2, 0.25) is 5.02 Å². The number of anilines is 3. The van der Waals surface area contributed by atoms with Gasteiger partial charge in [-0.2, -0.15) is 13.2 Å². The van der Waals surface area contributed by atoms with E-state index in [2.05, 4.69) is 15.2 Å². The minimum atomic E-state index is -4.68. The van der Waals surface area contributed by atoms with Gasteiger partial charge >= 0.3 is 12.3 Å². The summed E-state index contributed by atoms with van der Waals surface area (Å²) in [6.07, 6.45) is -3.94. The molecule has 2 saturated heterocycles. The van der Waals surface area contributed by atoms with Crippen LogP contribution in [0.1, 0.15) is 69.1 Å². The number of pyridine rings is 1. The van der Waals surface area contributed by atoms with E-state index in [0.29, 0.717) is 29.4 Å². The number of hydrogen-bond acceptors (Lipinski definition) is 9. The molecule has 16 heteroatoms. The molecule has 0 aliphatic carbocycles. The molecular weight excluding hydrogens is 655 g/mol. The molecule has 5 heterocycles. The van der Waals surface area contributed by atoms with Gasteiger partial charge in [0, 0.05) is 38.2 Å². The zero-order chi connectivity index (χ0) is 34.7. The van der Waals surface area contributed by atoms with Gasteiger partial charge in [-0.3, -0.25) is 19.4 Å². The highest BCUT2D eigenvalue weighted by atomic mass is 35.5. The lowest BCUT2D eigenvalue weighted by Gasteiger charge is -2.38. The Bertz CT molecular complexity index is 1760. The third-order valence-corrected chi connectivity index (χ3v) is 8.91. The Hall–Kier alpha value is -4.40. The molecular formula is C32H35ClF3N7O5. The number of carbonyl (C=O) groups is 3. The molecule has 3 aliphatic rings. The number of aryl methyl sites for hydroxylation is 1. The van der Waals surface area contributed by atoms with Gasteiger partial charge in [-0.05, 0) is 64.8 Å². The van der Waals surface area contributed by atoms with Crippen LogP contribution in [0.5, 0.6) is 0 Å². The average molecular weight is 690 g/mol. The molecule has 0 radical (unpaired) electrons. The average Bonchev–Trinajstić information content (AvgIpc) is 3.72. The second kappa shape index (κ2) is 12.2. The number of nitrogens with zero attached hydrogens (tertiary/aromatic N) is 7. The summed E-state index contributed by atoms with van der Waals surface area (Å²) in [4.78, 5) is 50.6. The summed E-state index contributed by atoms with van der Waals surface area (Å²) in [6.45, 7) is 7.38. The summed E-state index contributed by atoms with van der Waals surface area (Å²) in [5, 5.41) is 8.85. The Kier molecular flexibility index (Phi) is 8.54. The van der Waals surface area contributed by atoms with E-state index in [9.17, 15) is 27.6 Å². The normalized spacial score (nSPS) is 21.7. The molecule has 3 aliphatic heterocycles. The van der Waals surface area contributed by atoms with Gasteiger partial charge in [0.25, 0.3) is 0 Å². The largest absolute Gasteiger partial charge is 0.444 e. The van der Waals surface area contributed by atoms with Gasteiger partial charge in [0.2, 0.25) is 23.6 Å². The summed E-state index contributed by atoms with van der Waals surface area (Å²) in [5.41, 5.74) is -0.678. The van der Waals surface area contributed by atoms with E-state index >= 15 is 0 Å². The van der Waals surface area contributed by atoms with Crippen molar-refractivity contribution in [1.29, 1.82) is 0 Å². The maximum atomic E-state index is 14.1. The maximum absolute atomic E-state index is 14.1. The highest BCUT2D eigenvalue weighted by molar-refractivity contribution is 6.34. The van der Waals surface area contributed by atoms with Crippen molar-refractivity contribution in [1.82, 2.24) is 20.1 Å². The van der Waals surface area contributed by atoms with Gasteiger partial charge in [0.15, 0.2) is 0 Å². The minimum absolute atomic E-state index is 0.0310. The SMILES string of the molecule is Cc1cc(C(F)(F)F)cc(N2C(=O)C[C@@H]3CN(Cc4nnc([C@H]5CCCN5C(=O)OC(C)(C)C)o4)c4c(Cl)cccc4N(C)C(=O)[C@H]32)n1. The van der Waals surface area contributed by atoms with Crippen molar-refractivity contribution in [2.75, 3.05) is 34.8 Å². The van der Waals surface area contributed by atoms with Gasteiger partial charge in [-0.15, -0.1) is 10.2 Å². The van der Waals surface area contributed by atoms with Gasteiger partial charge in [0.1, 0.15) is 23.5 Å². The predicted molar refractivity (Wildman–Crippen MR) is 168 cm³/mol. The Labute approximate surface area is 279 Å². The molecule has 3 aromatic rings. The Morgan fingerprint density at radius 2 is 1.90 bits per heavy atom. The molecule has 0 unspecified atom stereocenters. The fourth-order valence-corrected chi connectivity index (χ4v) is 6.89. The molecule has 12 nitrogen and oxygen atoms in total. The highest BCUT2D eigenvalue weighted by Gasteiger charge is 2.49. The van der Waals surface area contributed by atoms with Crippen LogP contribution < -0.4 is 14.7 Å². The van der Waals surface area contributed by atoms with Gasteiger partial charge < -0.3 is 19.0 Å². The Morgan fingerprint density at radius 1 is 1.15 bits per heavy atom. The van der Waals surface area contributed by atoms with Crippen molar-refractivity contribution < 1.29 is 36.7 Å². The van der Waals surface area contributed by atoms with Gasteiger partial charge in [-0.25, -0.2) is 9.78 Å². The molecule has 0 N–H and O–H groups in total. The molecule has 256 valence electrons. The number of likely N-dealkylation sites (tertiary alicyclic amines) is 1. The summed E-state index contributed by atoms with van der Waals surface area (Å²) >= 11 is 6.73. The van der Waals surface area contributed by atoms with Crippen LogP contribution in [0.4, 0.5) is 35.2 Å². The van der Waals surface area contributed by atoms with E-state index in [1.807, 2.05) is 4.90 Å². The van der Waals surface area contributed by atoms with Crippen molar-refractivity contribution in [3.05, 3.63) is 58.4 Å². The van der Waals surface area contributed by atoms with Crippen molar-refractivity contribution in [3.8, 4) is 0 Å². The van der Waals surface area contributed by atoms with Crippen LogP contribution in [0.15, 0.2) is 34.7 Å². The summed E-state index contributed by atoms with van der Waals surface area (Å²) in [7, 11) is 1.53. The van der Waals surface area contributed by atoms with E-state index in [-0.39, 0.29) is 42.8 Å². The number of carbonyl (C=O) groups excluding carboxylic acids is 3. The van der Waals surface area contributed by atoms with Crippen LogP contribution in [0.3, 0.4) is 0 Å². The predicted octanol–water partition coefficient (Wildman–Crippen LogP) is 5.92. The second-order valence-electron chi connectivity index (χ2n) is 13.3. The first-order valence-corrected chi connectivity index (χ1v) is 15.9. The van der Waals surface area contributed by atoms with Crippen LogP contribution in [-0.4, -0.2) is 69.8 Å². The van der Waals surface area contributed by atoms with Crippen LogP contribution >= 0.6 is 11.6 Å². The Balaban J connectivity index is 1.34. The molecule has 3 atom stereocenters. The highest BCUT2D eigenvalue weighted by Crippen LogP contribution is 2.43. The van der Waals surface area contributed by atoms with Gasteiger partial charge in [-0.1, -0.05) is 17.7 Å². The van der Waals surface area contributed by atoms with E-state index < -0.39 is 53.2 Å². The lowest BCUT2D eigenvalue weighted by Crippen LogP contribution is -2.52. The van der Waals surface area contributed by atoms with E-state index in [1.54, 1.807) is 43.9 Å². The number of halogens is 4. The molecule has 0 bridgehead atoms. The van der Waals surface area contributed by atoms with Crippen LogP contribution in [0.25, 0.3) is 0 Å². The van der Waals surface area contributed by atoms with E-state index in [0.717, 1.165) is 23.5 Å². The van der Waals surface area contributed by atoms with E-state index in [1.165, 1.54) is 18.9 Å². The van der Waals surface area contributed by atoms with Crippen molar-refractivity contribution in [3.63, 3.8) is 0 Å². The number of hydrogen-bond donors (Lipinski definition) is 0. The lowest BCUT2D eigenvalue weighted by atomic mass is 9.95. The van der Waals surface area contributed by atoms with Gasteiger partial charge in [0.05, 0.1) is 28.5 Å². The number of para-hydroxylation sites is 1. The molecule has 0 spiro atoms. The quantitative estimate of drug-likeness (QED) is 0.328. The van der Waals surface area contributed by atoms with E-state index in [4.69, 9.17) is 20.8 Å².